The minimum Gasteiger partial charge on any atom is -0.307 e. The predicted molar refractivity (Wildman–Crippen MR) is 81.8 cm³/mol. The van der Waals surface area contributed by atoms with Gasteiger partial charge >= 0.3 is 0 Å². The zero-order valence-corrected chi connectivity index (χ0v) is 12.0. The summed E-state index contributed by atoms with van der Waals surface area (Å²) in [5.41, 5.74) is 1.28. The van der Waals surface area contributed by atoms with Crippen LogP contribution in [0.4, 0.5) is 0 Å². The molecule has 2 aromatic rings. The molecule has 0 amide bonds. The van der Waals surface area contributed by atoms with Gasteiger partial charge in [-0.05, 0) is 29.7 Å². The zero-order chi connectivity index (χ0) is 13.2. The van der Waals surface area contributed by atoms with Gasteiger partial charge in [0.25, 0.3) is 0 Å². The van der Waals surface area contributed by atoms with Crippen molar-refractivity contribution < 1.29 is 4.21 Å². The van der Waals surface area contributed by atoms with E-state index in [0.29, 0.717) is 6.04 Å². The first-order valence-electron chi connectivity index (χ1n) is 6.83. The molecule has 0 aliphatic carbocycles. The highest BCUT2D eigenvalue weighted by atomic mass is 32.2. The van der Waals surface area contributed by atoms with Crippen molar-refractivity contribution in [1.29, 1.82) is 0 Å². The SMILES string of the molecule is CC1CCS(=O)CC(c2cccc3ccccc23)N1. The number of nitrogens with one attached hydrogen (secondary N) is 1. The van der Waals surface area contributed by atoms with Crippen LogP contribution in [0.5, 0.6) is 0 Å². The van der Waals surface area contributed by atoms with Crippen LogP contribution in [0.15, 0.2) is 42.5 Å². The molecule has 1 saturated heterocycles. The Morgan fingerprint density at radius 3 is 2.84 bits per heavy atom. The third-order valence-electron chi connectivity index (χ3n) is 3.82. The van der Waals surface area contributed by atoms with E-state index in [9.17, 15) is 4.21 Å². The maximum atomic E-state index is 12.0. The second-order valence-electron chi connectivity index (χ2n) is 5.29. The Labute approximate surface area is 116 Å². The van der Waals surface area contributed by atoms with Crippen molar-refractivity contribution >= 4 is 21.6 Å². The van der Waals surface area contributed by atoms with Crippen LogP contribution in [0, 0.1) is 0 Å². The molecule has 1 aliphatic rings. The summed E-state index contributed by atoms with van der Waals surface area (Å²) in [5.74, 6) is 1.54. The minimum atomic E-state index is -0.714. The van der Waals surface area contributed by atoms with Crippen molar-refractivity contribution in [3.63, 3.8) is 0 Å². The van der Waals surface area contributed by atoms with Crippen molar-refractivity contribution in [2.75, 3.05) is 11.5 Å². The van der Waals surface area contributed by atoms with Gasteiger partial charge in [-0.25, -0.2) is 0 Å². The average Bonchev–Trinajstić information content (AvgIpc) is 2.60. The topological polar surface area (TPSA) is 29.1 Å². The summed E-state index contributed by atoms with van der Waals surface area (Å²) >= 11 is 0. The summed E-state index contributed by atoms with van der Waals surface area (Å²) in [6.07, 6.45) is 0.994. The van der Waals surface area contributed by atoms with Crippen LogP contribution in [0.3, 0.4) is 0 Å². The Bertz CT molecular complexity index is 605. The molecule has 19 heavy (non-hydrogen) atoms. The van der Waals surface area contributed by atoms with Crippen LogP contribution < -0.4 is 5.32 Å². The lowest BCUT2D eigenvalue weighted by molar-refractivity contribution is 0.486. The number of hydrogen-bond donors (Lipinski definition) is 1. The van der Waals surface area contributed by atoms with Crippen LogP contribution in [-0.2, 0) is 10.8 Å². The molecule has 0 saturated carbocycles. The molecule has 100 valence electrons. The van der Waals surface area contributed by atoms with Gasteiger partial charge in [0, 0.05) is 34.4 Å². The fourth-order valence-corrected chi connectivity index (χ4v) is 4.22. The Kier molecular flexibility index (Phi) is 3.67. The Hall–Kier alpha value is -1.19. The van der Waals surface area contributed by atoms with Crippen molar-refractivity contribution in [1.82, 2.24) is 5.32 Å². The monoisotopic (exact) mass is 273 g/mol. The second-order valence-corrected chi connectivity index (χ2v) is 6.91. The average molecular weight is 273 g/mol. The molecular formula is C16H19NOS. The molecule has 0 bridgehead atoms. The highest BCUT2D eigenvalue weighted by molar-refractivity contribution is 7.85. The third kappa shape index (κ3) is 2.72. The fourth-order valence-electron chi connectivity index (χ4n) is 2.79. The van der Waals surface area contributed by atoms with Gasteiger partial charge in [-0.2, -0.15) is 0 Å². The Morgan fingerprint density at radius 2 is 1.95 bits per heavy atom. The van der Waals surface area contributed by atoms with E-state index in [1.807, 2.05) is 0 Å². The predicted octanol–water partition coefficient (Wildman–Crippen LogP) is 3.01. The minimum absolute atomic E-state index is 0.199. The summed E-state index contributed by atoms with van der Waals surface area (Å²) in [7, 11) is -0.714. The summed E-state index contributed by atoms with van der Waals surface area (Å²) in [5, 5.41) is 6.15. The van der Waals surface area contributed by atoms with Crippen LogP contribution >= 0.6 is 0 Å². The Balaban J connectivity index is 2.05. The fraction of sp³-hybridized carbons (Fsp3) is 0.375. The van der Waals surface area contributed by atoms with Gasteiger partial charge in [0.2, 0.25) is 0 Å². The molecule has 0 aromatic heterocycles. The number of benzene rings is 2. The zero-order valence-electron chi connectivity index (χ0n) is 11.1. The summed E-state index contributed by atoms with van der Waals surface area (Å²) in [6.45, 7) is 2.18. The van der Waals surface area contributed by atoms with E-state index >= 15 is 0 Å². The van der Waals surface area contributed by atoms with Gasteiger partial charge < -0.3 is 5.32 Å². The van der Waals surface area contributed by atoms with E-state index in [-0.39, 0.29) is 6.04 Å². The molecule has 1 N–H and O–H groups in total. The molecule has 0 radical (unpaired) electrons. The molecule has 1 fully saturated rings. The van der Waals surface area contributed by atoms with E-state index in [1.54, 1.807) is 0 Å². The molecule has 0 spiro atoms. The van der Waals surface area contributed by atoms with Crippen LogP contribution in [0.2, 0.25) is 0 Å². The van der Waals surface area contributed by atoms with E-state index in [2.05, 4.69) is 54.7 Å². The van der Waals surface area contributed by atoms with E-state index in [4.69, 9.17) is 0 Å². The van der Waals surface area contributed by atoms with Crippen LogP contribution in [0.1, 0.15) is 24.9 Å². The maximum absolute atomic E-state index is 12.0. The van der Waals surface area contributed by atoms with Crippen molar-refractivity contribution in [3.05, 3.63) is 48.0 Å². The maximum Gasteiger partial charge on any atom is 0.0445 e. The van der Waals surface area contributed by atoms with Gasteiger partial charge in [-0.1, -0.05) is 42.5 Å². The Morgan fingerprint density at radius 1 is 1.16 bits per heavy atom. The molecular weight excluding hydrogens is 254 g/mol. The van der Waals surface area contributed by atoms with E-state index < -0.39 is 10.8 Å². The molecule has 3 heteroatoms. The summed E-state index contributed by atoms with van der Waals surface area (Å²) < 4.78 is 12.0. The van der Waals surface area contributed by atoms with Gasteiger partial charge in [-0.15, -0.1) is 0 Å². The third-order valence-corrected chi connectivity index (χ3v) is 5.21. The standard InChI is InChI=1S/C16H19NOS/c1-12-9-10-19(18)11-16(17-12)15-8-4-6-13-5-2-3-7-14(13)15/h2-8,12,16-17H,9-11H2,1H3. The quantitative estimate of drug-likeness (QED) is 0.865. The highest BCUT2D eigenvalue weighted by Gasteiger charge is 2.22. The van der Waals surface area contributed by atoms with Gasteiger partial charge in [0.05, 0.1) is 0 Å². The molecule has 1 heterocycles. The summed E-state index contributed by atoms with van der Waals surface area (Å²) in [6, 6.07) is 15.4. The lowest BCUT2D eigenvalue weighted by Crippen LogP contribution is -2.30. The highest BCUT2D eigenvalue weighted by Crippen LogP contribution is 2.26. The van der Waals surface area contributed by atoms with Crippen molar-refractivity contribution in [3.8, 4) is 0 Å². The normalized spacial score (nSPS) is 28.2. The lowest BCUT2D eigenvalue weighted by atomic mass is 9.99. The van der Waals surface area contributed by atoms with E-state index in [0.717, 1.165) is 17.9 Å². The molecule has 2 aromatic carbocycles. The van der Waals surface area contributed by atoms with Crippen LogP contribution in [0.25, 0.3) is 10.8 Å². The van der Waals surface area contributed by atoms with Gasteiger partial charge in [0.15, 0.2) is 0 Å². The van der Waals surface area contributed by atoms with Crippen molar-refractivity contribution in [2.24, 2.45) is 0 Å². The molecule has 2 nitrogen and oxygen atoms in total. The number of fused-ring (bicyclic) bond motifs is 1. The molecule has 3 unspecified atom stereocenters. The van der Waals surface area contributed by atoms with Gasteiger partial charge in [0.1, 0.15) is 0 Å². The summed E-state index contributed by atoms with van der Waals surface area (Å²) in [4.78, 5) is 0. The molecule has 3 atom stereocenters. The smallest absolute Gasteiger partial charge is 0.0445 e. The lowest BCUT2D eigenvalue weighted by Gasteiger charge is -2.21. The van der Waals surface area contributed by atoms with Gasteiger partial charge in [-0.3, -0.25) is 4.21 Å². The second kappa shape index (κ2) is 5.43. The first-order chi connectivity index (χ1) is 9.24. The van der Waals surface area contributed by atoms with Crippen LogP contribution in [-0.4, -0.2) is 21.8 Å². The first kappa shape index (κ1) is 12.8. The first-order valence-corrected chi connectivity index (χ1v) is 8.31. The van der Waals surface area contributed by atoms with Crippen molar-refractivity contribution in [2.45, 2.75) is 25.4 Å². The van der Waals surface area contributed by atoms with E-state index in [1.165, 1.54) is 16.3 Å². The largest absolute Gasteiger partial charge is 0.307 e. The molecule has 3 rings (SSSR count). The molecule has 1 aliphatic heterocycles. The number of rotatable bonds is 1. The number of hydrogen-bond acceptors (Lipinski definition) is 2.